The van der Waals surface area contributed by atoms with Gasteiger partial charge in [0, 0.05) is 9.86 Å². The van der Waals surface area contributed by atoms with Gasteiger partial charge in [0.05, 0.1) is 33.3 Å². The summed E-state index contributed by atoms with van der Waals surface area (Å²) in [5, 5.41) is 6.49. The number of benzene rings is 3. The summed E-state index contributed by atoms with van der Waals surface area (Å²) in [6, 6.07) is 18.0. The van der Waals surface area contributed by atoms with Crippen LogP contribution in [0.1, 0.15) is 25.8 Å². The molecule has 0 spiro atoms. The molecule has 0 aliphatic heterocycles. The van der Waals surface area contributed by atoms with E-state index in [9.17, 15) is 4.79 Å². The van der Waals surface area contributed by atoms with Gasteiger partial charge >= 0.3 is 0 Å². The zero-order valence-corrected chi connectivity index (χ0v) is 22.4. The lowest BCUT2D eigenvalue weighted by molar-refractivity contribution is 0.218. The number of ether oxygens (including phenoxy) is 1. The van der Waals surface area contributed by atoms with E-state index >= 15 is 0 Å². The Morgan fingerprint density at radius 1 is 1.14 bits per heavy atom. The third-order valence-electron chi connectivity index (χ3n) is 5.69. The van der Waals surface area contributed by atoms with E-state index in [1.165, 1.54) is 10.9 Å². The maximum absolute atomic E-state index is 13.4. The van der Waals surface area contributed by atoms with Crippen LogP contribution in [-0.4, -0.2) is 22.0 Å². The van der Waals surface area contributed by atoms with Crippen molar-refractivity contribution in [1.29, 1.82) is 0 Å². The zero-order chi connectivity index (χ0) is 25.4. The summed E-state index contributed by atoms with van der Waals surface area (Å²) in [5.41, 5.74) is 1.48. The molecule has 1 atom stereocenters. The minimum absolute atomic E-state index is 0.0336. The monoisotopic (exact) mass is 583 g/mol. The highest BCUT2D eigenvalue weighted by Crippen LogP contribution is 2.35. The number of aromatic nitrogens is 2. The molecule has 0 fully saturated rings. The van der Waals surface area contributed by atoms with Crippen LogP contribution in [0.25, 0.3) is 33.5 Å². The molecular weight excluding hydrogens is 565 g/mol. The summed E-state index contributed by atoms with van der Waals surface area (Å²) in [6.07, 6.45) is 2.29. The quantitative estimate of drug-likeness (QED) is 0.190. The van der Waals surface area contributed by atoms with Crippen LogP contribution in [-0.2, 0) is 0 Å². The van der Waals surface area contributed by atoms with Gasteiger partial charge in [0.15, 0.2) is 11.5 Å². The lowest BCUT2D eigenvalue weighted by Gasteiger charge is -2.15. The number of halogens is 3. The van der Waals surface area contributed by atoms with E-state index in [1.54, 1.807) is 30.3 Å². The molecule has 0 N–H and O–H groups in total. The molecule has 36 heavy (non-hydrogen) atoms. The maximum atomic E-state index is 13.4. The van der Waals surface area contributed by atoms with Crippen molar-refractivity contribution in [2.24, 2.45) is 5.10 Å². The Bertz CT molecular complexity index is 1670. The Morgan fingerprint density at radius 2 is 1.89 bits per heavy atom. The SMILES string of the molecule is CC[C@H](C)Oc1c(Cl)cc(C=Nn2c(-c3cc4cc(Br)ccc4o3)nc3ccccc3c2=O)cc1Cl. The van der Waals surface area contributed by atoms with Crippen LogP contribution >= 0.6 is 39.1 Å². The Kier molecular flexibility index (Phi) is 6.88. The van der Waals surface area contributed by atoms with Crippen LogP contribution < -0.4 is 10.3 Å². The first-order valence-corrected chi connectivity index (χ1v) is 12.8. The van der Waals surface area contributed by atoms with Crippen molar-refractivity contribution in [3.05, 3.63) is 91.1 Å². The van der Waals surface area contributed by atoms with E-state index in [2.05, 4.69) is 21.0 Å². The fourth-order valence-electron chi connectivity index (χ4n) is 3.69. The minimum Gasteiger partial charge on any atom is -0.488 e. The minimum atomic E-state index is -0.331. The normalized spacial score (nSPS) is 12.6. The van der Waals surface area contributed by atoms with Gasteiger partial charge in [0.1, 0.15) is 5.58 Å². The Hall–Kier alpha value is -3.13. The van der Waals surface area contributed by atoms with Crippen LogP contribution in [0, 0.1) is 0 Å². The number of hydrogen-bond donors (Lipinski definition) is 0. The molecule has 9 heteroatoms. The van der Waals surface area contributed by atoms with Gasteiger partial charge in [-0.1, -0.05) is 58.2 Å². The molecule has 5 rings (SSSR count). The third kappa shape index (κ3) is 4.78. The summed E-state index contributed by atoms with van der Waals surface area (Å²) >= 11 is 16.4. The van der Waals surface area contributed by atoms with E-state index < -0.39 is 0 Å². The van der Waals surface area contributed by atoms with Crippen molar-refractivity contribution in [3.63, 3.8) is 0 Å². The number of fused-ring (bicyclic) bond motifs is 2. The first-order valence-electron chi connectivity index (χ1n) is 11.3. The predicted octanol–water partition coefficient (Wildman–Crippen LogP) is 7.94. The average molecular weight is 585 g/mol. The van der Waals surface area contributed by atoms with Crippen LogP contribution in [0.3, 0.4) is 0 Å². The predicted molar refractivity (Wildman–Crippen MR) is 149 cm³/mol. The van der Waals surface area contributed by atoms with E-state index in [4.69, 9.17) is 37.3 Å². The second-order valence-corrected chi connectivity index (χ2v) is 9.99. The highest BCUT2D eigenvalue weighted by molar-refractivity contribution is 9.10. The zero-order valence-electron chi connectivity index (χ0n) is 19.3. The van der Waals surface area contributed by atoms with Crippen LogP contribution in [0.2, 0.25) is 10.0 Å². The average Bonchev–Trinajstić information content (AvgIpc) is 3.28. The molecule has 0 unspecified atom stereocenters. The molecule has 0 radical (unpaired) electrons. The van der Waals surface area contributed by atoms with Gasteiger partial charge in [-0.15, -0.1) is 0 Å². The third-order valence-corrected chi connectivity index (χ3v) is 6.74. The maximum Gasteiger partial charge on any atom is 0.282 e. The topological polar surface area (TPSA) is 69.6 Å². The van der Waals surface area contributed by atoms with Gasteiger partial charge in [-0.2, -0.15) is 9.78 Å². The molecule has 6 nitrogen and oxygen atoms in total. The molecule has 0 aliphatic carbocycles. The summed E-state index contributed by atoms with van der Waals surface area (Å²) < 4.78 is 14.0. The number of nitrogens with zero attached hydrogens (tertiary/aromatic N) is 3. The van der Waals surface area contributed by atoms with Crippen LogP contribution in [0.15, 0.2) is 79.4 Å². The van der Waals surface area contributed by atoms with E-state index in [1.807, 2.05) is 44.2 Å². The van der Waals surface area contributed by atoms with Crippen molar-refractivity contribution < 1.29 is 9.15 Å². The molecule has 0 saturated heterocycles. The summed E-state index contributed by atoms with van der Waals surface area (Å²) in [4.78, 5) is 18.1. The Balaban J connectivity index is 1.63. The fourth-order valence-corrected chi connectivity index (χ4v) is 4.66. The number of para-hydroxylation sites is 1. The molecule has 2 aromatic heterocycles. The lowest BCUT2D eigenvalue weighted by Crippen LogP contribution is -2.20. The highest BCUT2D eigenvalue weighted by Gasteiger charge is 2.17. The van der Waals surface area contributed by atoms with Crippen molar-refractivity contribution in [1.82, 2.24) is 9.66 Å². The van der Waals surface area contributed by atoms with E-state index in [0.717, 1.165) is 16.3 Å². The molecule has 0 amide bonds. The van der Waals surface area contributed by atoms with Gasteiger partial charge in [0.25, 0.3) is 5.56 Å². The smallest absolute Gasteiger partial charge is 0.282 e. The molecule has 0 saturated carbocycles. The van der Waals surface area contributed by atoms with Crippen molar-refractivity contribution in [2.45, 2.75) is 26.4 Å². The van der Waals surface area contributed by atoms with Crippen LogP contribution in [0.4, 0.5) is 0 Å². The summed E-state index contributed by atoms with van der Waals surface area (Å²) in [5.74, 6) is 1.11. The van der Waals surface area contributed by atoms with Crippen molar-refractivity contribution in [3.8, 4) is 17.3 Å². The lowest BCUT2D eigenvalue weighted by atomic mass is 10.2. The summed E-state index contributed by atoms with van der Waals surface area (Å²) in [6.45, 7) is 3.96. The van der Waals surface area contributed by atoms with Gasteiger partial charge in [-0.25, -0.2) is 4.98 Å². The molecule has 182 valence electrons. The molecular formula is C27H20BrCl2N3O3. The molecule has 3 aromatic carbocycles. The molecule has 5 aromatic rings. The summed E-state index contributed by atoms with van der Waals surface area (Å²) in [7, 11) is 0. The van der Waals surface area contributed by atoms with Gasteiger partial charge in [-0.3, -0.25) is 4.79 Å². The van der Waals surface area contributed by atoms with Gasteiger partial charge < -0.3 is 9.15 Å². The number of furan rings is 1. The van der Waals surface area contributed by atoms with Crippen molar-refractivity contribution >= 4 is 67.2 Å². The van der Waals surface area contributed by atoms with E-state index in [-0.39, 0.29) is 17.5 Å². The first kappa shape index (κ1) is 24.6. The largest absolute Gasteiger partial charge is 0.488 e. The molecule has 0 bridgehead atoms. The number of rotatable bonds is 6. The molecule has 2 heterocycles. The second kappa shape index (κ2) is 10.1. The molecule has 0 aliphatic rings. The Labute approximate surface area is 225 Å². The first-order chi connectivity index (χ1) is 17.3. The highest BCUT2D eigenvalue weighted by atomic mass is 79.9. The van der Waals surface area contributed by atoms with E-state index in [0.29, 0.717) is 43.6 Å². The fraction of sp³-hybridized carbons (Fsp3) is 0.148. The van der Waals surface area contributed by atoms with Gasteiger partial charge in [0.2, 0.25) is 5.82 Å². The van der Waals surface area contributed by atoms with Gasteiger partial charge in [-0.05, 0) is 67.4 Å². The second-order valence-electron chi connectivity index (χ2n) is 8.26. The standard InChI is InChI=1S/C27H20BrCl2N3O3/c1-3-15(2)35-25-20(29)10-16(11-21(25)30)14-31-33-26(32-22-7-5-4-6-19(22)27(33)34)24-13-17-12-18(28)8-9-23(17)36-24/h4-15H,3H2,1-2H3/t15-/m0/s1. The van der Waals surface area contributed by atoms with Crippen LogP contribution in [0.5, 0.6) is 5.75 Å². The van der Waals surface area contributed by atoms with Crippen molar-refractivity contribution in [2.75, 3.05) is 0 Å². The number of hydrogen-bond acceptors (Lipinski definition) is 5. The Morgan fingerprint density at radius 3 is 2.64 bits per heavy atom.